The molecule has 0 saturated carbocycles. The first-order valence-electron chi connectivity index (χ1n) is 15.9. The van der Waals surface area contributed by atoms with E-state index in [1.807, 2.05) is 44.2 Å². The van der Waals surface area contributed by atoms with Crippen molar-refractivity contribution in [2.24, 2.45) is 0 Å². The number of Topliss-reactive ketones (excluding diaryl/α,β-unsaturated/α-hetero) is 1. The maximum Gasteiger partial charge on any atom is 0.301 e. The molecule has 0 bridgehead atoms. The maximum absolute atomic E-state index is 13.8. The van der Waals surface area contributed by atoms with Crippen molar-refractivity contribution in [3.63, 3.8) is 0 Å². The number of hydrogen-bond acceptors (Lipinski definition) is 10. The quantitative estimate of drug-likeness (QED) is 0.0314. The molecule has 0 spiro atoms. The van der Waals surface area contributed by atoms with E-state index in [1.54, 1.807) is 42.5 Å². The van der Waals surface area contributed by atoms with Gasteiger partial charge in [0.1, 0.15) is 11.5 Å². The van der Waals surface area contributed by atoms with Crippen molar-refractivity contribution in [2.75, 3.05) is 24.7 Å². The summed E-state index contributed by atoms with van der Waals surface area (Å²) in [5.41, 5.74) is 2.02. The fraction of sp³-hybridized carbons (Fsp3) is 0.333. The number of unbranched alkanes of at least 4 members (excludes halogenated alkanes) is 2. The predicted octanol–water partition coefficient (Wildman–Crippen LogP) is 8.21. The highest BCUT2D eigenvalue weighted by atomic mass is 32.2. The molecule has 3 aromatic carbocycles. The molecule has 1 unspecified atom stereocenters. The number of rotatable bonds is 16. The Morgan fingerprint density at radius 1 is 0.872 bits per heavy atom. The van der Waals surface area contributed by atoms with Gasteiger partial charge < -0.3 is 19.3 Å². The highest BCUT2D eigenvalue weighted by molar-refractivity contribution is 8.00. The summed E-state index contributed by atoms with van der Waals surface area (Å²) < 4.78 is 18.3. The number of anilines is 1. The molecule has 1 saturated heterocycles. The minimum atomic E-state index is -0.987. The van der Waals surface area contributed by atoms with E-state index in [4.69, 9.17) is 14.2 Å². The van der Waals surface area contributed by atoms with Crippen molar-refractivity contribution in [1.29, 1.82) is 0 Å². The van der Waals surface area contributed by atoms with Crippen LogP contribution in [0.15, 0.2) is 82.7 Å². The van der Waals surface area contributed by atoms with Crippen molar-refractivity contribution in [3.05, 3.63) is 95.1 Å². The van der Waals surface area contributed by atoms with Crippen LogP contribution in [0.3, 0.4) is 0 Å². The zero-order chi connectivity index (χ0) is 33.2. The van der Waals surface area contributed by atoms with E-state index in [-0.39, 0.29) is 16.5 Å². The summed E-state index contributed by atoms with van der Waals surface area (Å²) >= 11 is 2.72. The van der Waals surface area contributed by atoms with Crippen LogP contribution in [0.5, 0.6) is 17.2 Å². The van der Waals surface area contributed by atoms with E-state index >= 15 is 0 Å². The lowest BCUT2D eigenvalue weighted by Gasteiger charge is -2.23. The second kappa shape index (κ2) is 16.5. The summed E-state index contributed by atoms with van der Waals surface area (Å²) in [4.78, 5) is 28.8. The lowest BCUT2D eigenvalue weighted by molar-refractivity contribution is -0.132. The Morgan fingerprint density at radius 2 is 1.66 bits per heavy atom. The summed E-state index contributed by atoms with van der Waals surface area (Å²) in [6.45, 7) is 7.52. The Kier molecular flexibility index (Phi) is 11.9. The number of carbonyl (C=O) groups excluding carboxylic acids is 2. The second-order valence-corrected chi connectivity index (χ2v) is 13.0. The Bertz CT molecular complexity index is 1690. The van der Waals surface area contributed by atoms with E-state index in [9.17, 15) is 14.7 Å². The van der Waals surface area contributed by atoms with Crippen molar-refractivity contribution in [2.45, 2.75) is 62.6 Å². The molecule has 1 aliphatic heterocycles. The van der Waals surface area contributed by atoms with Crippen LogP contribution < -0.4 is 19.1 Å². The minimum Gasteiger partial charge on any atom is -0.507 e. The molecule has 246 valence electrons. The fourth-order valence-corrected chi connectivity index (χ4v) is 6.95. The molecule has 1 fully saturated rings. The first kappa shape index (κ1) is 34.0. The molecular formula is C36H39N3O6S2. The van der Waals surface area contributed by atoms with Crippen LogP contribution in [-0.2, 0) is 15.3 Å². The number of nitrogens with zero attached hydrogens (tertiary/aromatic N) is 3. The van der Waals surface area contributed by atoms with Gasteiger partial charge in [0.25, 0.3) is 5.78 Å². The average Bonchev–Trinajstić information content (AvgIpc) is 3.67. The molecule has 4 aromatic rings. The van der Waals surface area contributed by atoms with Crippen LogP contribution in [0.1, 0.15) is 69.2 Å². The van der Waals surface area contributed by atoms with E-state index in [1.165, 1.54) is 28.0 Å². The van der Waals surface area contributed by atoms with Crippen LogP contribution in [0.2, 0.25) is 0 Å². The fourth-order valence-electron chi connectivity index (χ4n) is 5.12. The highest BCUT2D eigenvalue weighted by Crippen LogP contribution is 2.45. The topological polar surface area (TPSA) is 111 Å². The number of hydrogen-bond donors (Lipinski definition) is 1. The normalized spacial score (nSPS) is 15.6. The van der Waals surface area contributed by atoms with Crippen molar-refractivity contribution < 1.29 is 28.9 Å². The van der Waals surface area contributed by atoms with E-state index in [2.05, 4.69) is 17.1 Å². The van der Waals surface area contributed by atoms with Gasteiger partial charge in [-0.25, -0.2) is 0 Å². The minimum absolute atomic E-state index is 0.0509. The van der Waals surface area contributed by atoms with Crippen molar-refractivity contribution in [1.82, 2.24) is 10.2 Å². The van der Waals surface area contributed by atoms with Crippen molar-refractivity contribution >= 4 is 45.7 Å². The number of carbonyl (C=O) groups is 2. The van der Waals surface area contributed by atoms with Gasteiger partial charge in [-0.05, 0) is 67.3 Å². The van der Waals surface area contributed by atoms with Gasteiger partial charge in [0, 0.05) is 11.3 Å². The molecule has 1 atom stereocenters. The Balaban J connectivity index is 1.54. The SMILES string of the molecule is CCCCCOc1ccc(C2C(=C(O)c3ccc(OCCC)cc3)C(=O)C(=O)N2c2nnc(SCc3ccccc3)s2)cc1OCC. The van der Waals surface area contributed by atoms with Crippen molar-refractivity contribution in [3.8, 4) is 17.2 Å². The molecule has 0 radical (unpaired) electrons. The molecule has 1 aliphatic rings. The number of aromatic nitrogens is 2. The first-order chi connectivity index (χ1) is 22.9. The van der Waals surface area contributed by atoms with Gasteiger partial charge in [0.15, 0.2) is 15.8 Å². The smallest absolute Gasteiger partial charge is 0.301 e. The summed E-state index contributed by atoms with van der Waals surface area (Å²) in [6, 6.07) is 21.1. The maximum atomic E-state index is 13.8. The third-order valence-corrected chi connectivity index (χ3v) is 9.57. The number of aliphatic hydroxyl groups excluding tert-OH is 1. The average molecular weight is 674 g/mol. The Hall–Kier alpha value is -4.35. The van der Waals surface area contributed by atoms with Gasteiger partial charge in [-0.1, -0.05) is 86.2 Å². The van der Waals surface area contributed by atoms with Gasteiger partial charge in [0.05, 0.1) is 31.4 Å². The molecule has 0 aliphatic carbocycles. The lowest BCUT2D eigenvalue weighted by Crippen LogP contribution is -2.29. The monoisotopic (exact) mass is 673 g/mol. The molecule has 47 heavy (non-hydrogen) atoms. The second-order valence-electron chi connectivity index (χ2n) is 10.9. The number of ether oxygens (including phenoxy) is 3. The molecule has 9 nitrogen and oxygen atoms in total. The molecule has 1 N–H and O–H groups in total. The largest absolute Gasteiger partial charge is 0.507 e. The van der Waals surface area contributed by atoms with Gasteiger partial charge in [-0.3, -0.25) is 14.5 Å². The number of thioether (sulfide) groups is 1. The molecule has 1 amide bonds. The number of amides is 1. The molecule has 2 heterocycles. The third kappa shape index (κ3) is 8.15. The molecular weight excluding hydrogens is 635 g/mol. The first-order valence-corrected chi connectivity index (χ1v) is 17.7. The van der Waals surface area contributed by atoms with E-state index in [0.717, 1.165) is 31.2 Å². The van der Waals surface area contributed by atoms with Gasteiger partial charge in [0.2, 0.25) is 5.13 Å². The molecule has 11 heteroatoms. The predicted molar refractivity (Wildman–Crippen MR) is 186 cm³/mol. The van der Waals surface area contributed by atoms with Gasteiger partial charge >= 0.3 is 5.91 Å². The van der Waals surface area contributed by atoms with Crippen LogP contribution in [0.25, 0.3) is 5.76 Å². The van der Waals surface area contributed by atoms with Crippen LogP contribution >= 0.6 is 23.1 Å². The number of aliphatic hydroxyl groups is 1. The Morgan fingerprint density at radius 3 is 2.38 bits per heavy atom. The van der Waals surface area contributed by atoms with Gasteiger partial charge in [-0.2, -0.15) is 0 Å². The zero-order valence-corrected chi connectivity index (χ0v) is 28.4. The third-order valence-electron chi connectivity index (χ3n) is 7.44. The Labute approximate surface area is 283 Å². The van der Waals surface area contributed by atoms with Gasteiger partial charge in [-0.15, -0.1) is 10.2 Å². The standard InChI is InChI=1S/C36H39N3O6S2/c1-4-7-11-21-45-28-19-16-26(22-29(28)43-6-3)31-30(32(40)25-14-17-27(18-15-25)44-20-5-2)33(41)34(42)39(31)35-37-38-36(47-35)46-23-24-12-9-8-10-13-24/h8-10,12-19,22,31,40H,4-7,11,20-21,23H2,1-3H3. The van der Waals surface area contributed by atoms with E-state index in [0.29, 0.717) is 58.3 Å². The zero-order valence-electron chi connectivity index (χ0n) is 26.8. The summed E-state index contributed by atoms with van der Waals surface area (Å²) in [5, 5.41) is 20.5. The lowest BCUT2D eigenvalue weighted by atomic mass is 9.95. The number of benzene rings is 3. The van der Waals surface area contributed by atoms with E-state index < -0.39 is 17.7 Å². The summed E-state index contributed by atoms with van der Waals surface area (Å²) in [7, 11) is 0. The van der Waals surface area contributed by atoms with Crippen LogP contribution in [0, 0.1) is 0 Å². The summed E-state index contributed by atoms with van der Waals surface area (Å²) in [6.07, 6.45) is 3.89. The number of ketones is 1. The van der Waals surface area contributed by atoms with Crippen LogP contribution in [-0.4, -0.2) is 46.8 Å². The highest BCUT2D eigenvalue weighted by Gasteiger charge is 2.48. The van der Waals surface area contributed by atoms with Crippen LogP contribution in [0.4, 0.5) is 5.13 Å². The molecule has 1 aromatic heterocycles. The molecule has 5 rings (SSSR count). The summed E-state index contributed by atoms with van der Waals surface area (Å²) in [5.74, 6) is 0.471.